The number of nitrogens with zero attached hydrogens (tertiary/aromatic N) is 6. The minimum Gasteiger partial charge on any atom is -0.372 e. The Hall–Kier alpha value is -2.95. The van der Waals surface area contributed by atoms with Crippen molar-refractivity contribution in [2.24, 2.45) is 0 Å². The maximum absolute atomic E-state index is 13.0. The Bertz CT molecular complexity index is 963. The van der Waals surface area contributed by atoms with E-state index in [9.17, 15) is 13.2 Å². The second-order valence-electron chi connectivity index (χ2n) is 6.70. The first-order valence-corrected chi connectivity index (χ1v) is 8.73. The number of nitrogens with one attached hydrogen (secondary N) is 1. The average Bonchev–Trinajstić information content (AvgIpc) is 3.05. The topological polar surface area (TPSA) is 80.5 Å². The van der Waals surface area contributed by atoms with E-state index >= 15 is 0 Å². The lowest BCUT2D eigenvalue weighted by Gasteiger charge is -2.36. The summed E-state index contributed by atoms with van der Waals surface area (Å²) >= 11 is 0. The summed E-state index contributed by atoms with van der Waals surface area (Å²) in [5, 5.41) is 13.5. The SMILES string of the molecule is CC1CN(c2ccc(Nc3ccc4nnc(C(F)(F)F)n4n3)cn2)CC(C)O1. The smallest absolute Gasteiger partial charge is 0.372 e. The highest BCUT2D eigenvalue weighted by Crippen LogP contribution is 2.28. The summed E-state index contributed by atoms with van der Waals surface area (Å²) in [6, 6.07) is 6.60. The molecule has 1 saturated heterocycles. The molecule has 2 unspecified atom stereocenters. The van der Waals surface area contributed by atoms with Crippen molar-refractivity contribution < 1.29 is 17.9 Å². The number of hydrogen-bond acceptors (Lipinski definition) is 7. The molecule has 1 aliphatic rings. The third-order valence-corrected chi connectivity index (χ3v) is 4.28. The molecule has 1 N–H and O–H groups in total. The van der Waals surface area contributed by atoms with Gasteiger partial charge in [0.15, 0.2) is 11.5 Å². The van der Waals surface area contributed by atoms with E-state index in [0.29, 0.717) is 10.2 Å². The zero-order valence-electron chi connectivity index (χ0n) is 15.2. The van der Waals surface area contributed by atoms with E-state index in [1.54, 1.807) is 12.3 Å². The molecule has 4 rings (SSSR count). The number of rotatable bonds is 3. The molecule has 0 radical (unpaired) electrons. The summed E-state index contributed by atoms with van der Waals surface area (Å²) in [5.74, 6) is -0.134. The number of anilines is 3. The van der Waals surface area contributed by atoms with Crippen molar-refractivity contribution >= 4 is 23.0 Å². The van der Waals surface area contributed by atoms with Gasteiger partial charge in [0.1, 0.15) is 5.82 Å². The molecular weight excluding hydrogens is 375 g/mol. The fraction of sp³-hybridized carbons (Fsp3) is 0.412. The predicted octanol–water partition coefficient (Wildman–Crippen LogP) is 2.90. The summed E-state index contributed by atoms with van der Waals surface area (Å²) in [7, 11) is 0. The van der Waals surface area contributed by atoms with E-state index in [1.807, 2.05) is 19.9 Å². The number of alkyl halides is 3. The second kappa shape index (κ2) is 6.89. The Labute approximate surface area is 158 Å². The van der Waals surface area contributed by atoms with Gasteiger partial charge in [-0.05, 0) is 38.1 Å². The largest absolute Gasteiger partial charge is 0.453 e. The summed E-state index contributed by atoms with van der Waals surface area (Å²) < 4.78 is 45.3. The van der Waals surface area contributed by atoms with E-state index in [1.165, 1.54) is 12.1 Å². The third kappa shape index (κ3) is 3.70. The fourth-order valence-electron chi connectivity index (χ4n) is 3.19. The van der Waals surface area contributed by atoms with Gasteiger partial charge in [0, 0.05) is 13.1 Å². The number of hydrogen-bond donors (Lipinski definition) is 1. The Kier molecular flexibility index (Phi) is 4.53. The van der Waals surface area contributed by atoms with Crippen molar-refractivity contribution in [2.75, 3.05) is 23.3 Å². The molecule has 0 saturated carbocycles. The molecule has 28 heavy (non-hydrogen) atoms. The van der Waals surface area contributed by atoms with Gasteiger partial charge in [-0.1, -0.05) is 0 Å². The lowest BCUT2D eigenvalue weighted by molar-refractivity contribution is -0.146. The molecule has 0 bridgehead atoms. The highest BCUT2D eigenvalue weighted by atomic mass is 19.4. The molecule has 1 aliphatic heterocycles. The maximum Gasteiger partial charge on any atom is 0.453 e. The molecule has 8 nitrogen and oxygen atoms in total. The third-order valence-electron chi connectivity index (χ3n) is 4.28. The van der Waals surface area contributed by atoms with Crippen LogP contribution < -0.4 is 10.2 Å². The van der Waals surface area contributed by atoms with Gasteiger partial charge >= 0.3 is 6.18 Å². The minimum atomic E-state index is -4.64. The number of morpholine rings is 1. The van der Waals surface area contributed by atoms with Crippen molar-refractivity contribution in [3.05, 3.63) is 36.3 Å². The molecule has 2 atom stereocenters. The monoisotopic (exact) mass is 393 g/mol. The fourth-order valence-corrected chi connectivity index (χ4v) is 3.19. The van der Waals surface area contributed by atoms with Gasteiger partial charge in [-0.3, -0.25) is 0 Å². The maximum atomic E-state index is 13.0. The number of pyridine rings is 1. The van der Waals surface area contributed by atoms with Gasteiger partial charge < -0.3 is 15.0 Å². The van der Waals surface area contributed by atoms with E-state index in [4.69, 9.17) is 4.74 Å². The predicted molar refractivity (Wildman–Crippen MR) is 95.5 cm³/mol. The van der Waals surface area contributed by atoms with Crippen LogP contribution in [-0.4, -0.2) is 50.1 Å². The molecule has 3 aromatic heterocycles. The van der Waals surface area contributed by atoms with Crippen molar-refractivity contribution in [3.63, 3.8) is 0 Å². The van der Waals surface area contributed by atoms with Crippen molar-refractivity contribution in [1.29, 1.82) is 0 Å². The van der Waals surface area contributed by atoms with Crippen LogP contribution >= 0.6 is 0 Å². The quantitative estimate of drug-likeness (QED) is 0.733. The molecule has 3 aromatic rings. The van der Waals surface area contributed by atoms with Crippen LogP contribution in [-0.2, 0) is 10.9 Å². The van der Waals surface area contributed by atoms with Crippen LogP contribution in [0.15, 0.2) is 30.5 Å². The van der Waals surface area contributed by atoms with E-state index in [0.717, 1.165) is 18.9 Å². The molecule has 148 valence electrons. The highest BCUT2D eigenvalue weighted by Gasteiger charge is 2.37. The standard InChI is InChI=1S/C17H18F3N7O/c1-10-8-26(9-11(2)28-10)14-5-3-12(7-21-14)22-13-4-6-15-23-24-16(17(18,19)20)27(15)25-13/h3-7,10-11H,8-9H2,1-2H3,(H,22,25). The van der Waals surface area contributed by atoms with Crippen LogP contribution in [0.5, 0.6) is 0 Å². The minimum absolute atomic E-state index is 0.0157. The Morgan fingerprint density at radius 1 is 1.07 bits per heavy atom. The Balaban J connectivity index is 1.53. The van der Waals surface area contributed by atoms with Crippen molar-refractivity contribution in [3.8, 4) is 0 Å². The molecular formula is C17H18F3N7O. The van der Waals surface area contributed by atoms with Gasteiger partial charge in [-0.2, -0.15) is 17.7 Å². The number of fused-ring (bicyclic) bond motifs is 1. The highest BCUT2D eigenvalue weighted by molar-refractivity contribution is 5.58. The first-order chi connectivity index (χ1) is 13.3. The number of aromatic nitrogens is 5. The Morgan fingerprint density at radius 2 is 1.82 bits per heavy atom. The van der Waals surface area contributed by atoms with Gasteiger partial charge in [0.25, 0.3) is 5.82 Å². The number of ether oxygens (including phenoxy) is 1. The van der Waals surface area contributed by atoms with Crippen LogP contribution in [0, 0.1) is 0 Å². The van der Waals surface area contributed by atoms with Crippen LogP contribution in [0.25, 0.3) is 5.65 Å². The molecule has 4 heterocycles. The first kappa shape index (κ1) is 18.4. The first-order valence-electron chi connectivity index (χ1n) is 8.73. The zero-order chi connectivity index (χ0) is 19.9. The normalized spacial score (nSPS) is 20.5. The van der Waals surface area contributed by atoms with Crippen LogP contribution in [0.3, 0.4) is 0 Å². The lowest BCUT2D eigenvalue weighted by atomic mass is 10.2. The van der Waals surface area contributed by atoms with Crippen LogP contribution in [0.4, 0.5) is 30.5 Å². The van der Waals surface area contributed by atoms with Crippen LogP contribution in [0.2, 0.25) is 0 Å². The average molecular weight is 393 g/mol. The molecule has 0 aromatic carbocycles. The molecule has 0 aliphatic carbocycles. The van der Waals surface area contributed by atoms with E-state index in [-0.39, 0.29) is 23.7 Å². The molecule has 0 spiro atoms. The van der Waals surface area contributed by atoms with Crippen molar-refractivity contribution in [1.82, 2.24) is 24.8 Å². The van der Waals surface area contributed by atoms with Gasteiger partial charge in [0.2, 0.25) is 0 Å². The van der Waals surface area contributed by atoms with Gasteiger partial charge in [-0.15, -0.1) is 15.3 Å². The van der Waals surface area contributed by atoms with Gasteiger partial charge in [0.05, 0.1) is 24.1 Å². The van der Waals surface area contributed by atoms with E-state index in [2.05, 4.69) is 30.5 Å². The molecule has 1 fully saturated rings. The molecule has 0 amide bonds. The lowest BCUT2D eigenvalue weighted by Crippen LogP contribution is -2.45. The second-order valence-corrected chi connectivity index (χ2v) is 6.70. The summed E-state index contributed by atoms with van der Waals surface area (Å²) in [5.41, 5.74) is 0.619. The zero-order valence-corrected chi connectivity index (χ0v) is 15.2. The number of halogens is 3. The van der Waals surface area contributed by atoms with E-state index < -0.39 is 12.0 Å². The molecule has 11 heteroatoms. The summed E-state index contributed by atoms with van der Waals surface area (Å²) in [6.45, 7) is 5.52. The Morgan fingerprint density at radius 3 is 2.46 bits per heavy atom. The summed E-state index contributed by atoms with van der Waals surface area (Å²) in [4.78, 5) is 6.58. The summed E-state index contributed by atoms with van der Waals surface area (Å²) in [6.07, 6.45) is -2.79. The van der Waals surface area contributed by atoms with Crippen molar-refractivity contribution in [2.45, 2.75) is 32.2 Å². The van der Waals surface area contributed by atoms with Gasteiger partial charge in [-0.25, -0.2) is 4.98 Å². The van der Waals surface area contributed by atoms with Crippen LogP contribution in [0.1, 0.15) is 19.7 Å².